The number of para-hydroxylation sites is 1. The van der Waals surface area contributed by atoms with Gasteiger partial charge in [-0.1, -0.05) is 41.6 Å². The van der Waals surface area contributed by atoms with Gasteiger partial charge in [-0.05, 0) is 71.3 Å². The summed E-state index contributed by atoms with van der Waals surface area (Å²) in [6, 6.07) is 15.1. The van der Waals surface area contributed by atoms with Crippen LogP contribution in [-0.2, 0) is 11.3 Å². The van der Waals surface area contributed by atoms with Gasteiger partial charge in [0, 0.05) is 17.0 Å². The molecular formula is C27H33N5O3. The molecule has 1 saturated heterocycles. The number of nitrogens with zero attached hydrogens (tertiary/aromatic N) is 3. The Morgan fingerprint density at radius 2 is 1.74 bits per heavy atom. The van der Waals surface area contributed by atoms with Crippen molar-refractivity contribution in [3.8, 4) is 11.4 Å². The third-order valence-corrected chi connectivity index (χ3v) is 6.09. The molecule has 0 atom stereocenters. The Bertz CT molecular complexity index is 1190. The van der Waals surface area contributed by atoms with Crippen molar-refractivity contribution < 1.29 is 14.1 Å². The van der Waals surface area contributed by atoms with E-state index in [1.165, 1.54) is 0 Å². The highest BCUT2D eigenvalue weighted by atomic mass is 16.5. The predicted octanol–water partition coefficient (Wildman–Crippen LogP) is 4.42. The minimum Gasteiger partial charge on any atom is -0.347 e. The first kappa shape index (κ1) is 24.6. The van der Waals surface area contributed by atoms with Crippen molar-refractivity contribution in [3.63, 3.8) is 0 Å². The maximum Gasteiger partial charge on any atom is 0.253 e. The van der Waals surface area contributed by atoms with Crippen molar-refractivity contribution in [1.29, 1.82) is 0 Å². The fourth-order valence-electron chi connectivity index (χ4n) is 4.23. The molecule has 8 nitrogen and oxygen atoms in total. The Hall–Kier alpha value is -3.52. The van der Waals surface area contributed by atoms with E-state index in [0.717, 1.165) is 37.1 Å². The summed E-state index contributed by atoms with van der Waals surface area (Å²) in [7, 11) is 0. The van der Waals surface area contributed by atoms with Crippen LogP contribution in [0.2, 0.25) is 0 Å². The summed E-state index contributed by atoms with van der Waals surface area (Å²) in [6.07, 6.45) is 1.45. The van der Waals surface area contributed by atoms with E-state index in [-0.39, 0.29) is 23.3 Å². The molecule has 0 radical (unpaired) electrons. The van der Waals surface area contributed by atoms with E-state index >= 15 is 0 Å². The number of aryl methyl sites for hydroxylation is 1. The van der Waals surface area contributed by atoms with Crippen molar-refractivity contribution in [2.45, 2.75) is 52.6 Å². The Kier molecular flexibility index (Phi) is 7.31. The average Bonchev–Trinajstić information content (AvgIpc) is 3.27. The second kappa shape index (κ2) is 10.4. The van der Waals surface area contributed by atoms with Crippen molar-refractivity contribution >= 4 is 17.5 Å². The van der Waals surface area contributed by atoms with Gasteiger partial charge in [-0.15, -0.1) is 0 Å². The third kappa shape index (κ3) is 6.33. The van der Waals surface area contributed by atoms with E-state index < -0.39 is 0 Å². The SMILES string of the molecule is Cc1ccccc1-c1noc(CN2CCC(C(=O)Nc3ccccc3C(=O)NC(C)(C)C)CC2)n1. The van der Waals surface area contributed by atoms with Gasteiger partial charge in [-0.2, -0.15) is 4.98 Å². The van der Waals surface area contributed by atoms with Crippen molar-refractivity contribution in [2.75, 3.05) is 18.4 Å². The molecule has 184 valence electrons. The number of hydrogen-bond acceptors (Lipinski definition) is 6. The molecule has 2 aromatic carbocycles. The molecule has 2 amide bonds. The quantitative estimate of drug-likeness (QED) is 0.547. The zero-order chi connectivity index (χ0) is 25.0. The van der Waals surface area contributed by atoms with Crippen LogP contribution in [0.1, 0.15) is 55.4 Å². The van der Waals surface area contributed by atoms with Gasteiger partial charge >= 0.3 is 0 Å². The van der Waals surface area contributed by atoms with Crippen molar-refractivity contribution in [1.82, 2.24) is 20.4 Å². The topological polar surface area (TPSA) is 100 Å². The van der Waals surface area contributed by atoms with Crippen LogP contribution in [0.15, 0.2) is 53.1 Å². The molecule has 0 bridgehead atoms. The number of likely N-dealkylation sites (tertiary alicyclic amines) is 1. The van der Waals surface area contributed by atoms with Crippen LogP contribution >= 0.6 is 0 Å². The van der Waals surface area contributed by atoms with Gasteiger partial charge in [0.1, 0.15) is 0 Å². The van der Waals surface area contributed by atoms with Crippen LogP contribution < -0.4 is 10.6 Å². The summed E-state index contributed by atoms with van der Waals surface area (Å²) in [4.78, 5) is 32.4. The highest BCUT2D eigenvalue weighted by Gasteiger charge is 2.27. The van der Waals surface area contributed by atoms with Gasteiger partial charge < -0.3 is 15.2 Å². The molecule has 35 heavy (non-hydrogen) atoms. The number of piperidine rings is 1. The second-order valence-corrected chi connectivity index (χ2v) is 10.1. The van der Waals surface area contributed by atoms with Gasteiger partial charge in [0.25, 0.3) is 5.91 Å². The lowest BCUT2D eigenvalue weighted by atomic mass is 9.95. The number of amides is 2. The number of rotatable bonds is 6. The maximum atomic E-state index is 13.0. The second-order valence-electron chi connectivity index (χ2n) is 10.1. The molecule has 0 saturated carbocycles. The van der Waals surface area contributed by atoms with Gasteiger partial charge in [-0.3, -0.25) is 14.5 Å². The molecule has 3 aromatic rings. The van der Waals surface area contributed by atoms with Crippen molar-refractivity contribution in [2.24, 2.45) is 5.92 Å². The number of carbonyl (C=O) groups is 2. The molecule has 1 aliphatic heterocycles. The molecule has 1 aliphatic rings. The van der Waals surface area contributed by atoms with Crippen LogP contribution in [0.3, 0.4) is 0 Å². The van der Waals surface area contributed by atoms with E-state index in [1.54, 1.807) is 18.2 Å². The van der Waals surface area contributed by atoms with Crippen LogP contribution in [0.5, 0.6) is 0 Å². The summed E-state index contributed by atoms with van der Waals surface area (Å²) >= 11 is 0. The average molecular weight is 476 g/mol. The number of hydrogen-bond donors (Lipinski definition) is 2. The summed E-state index contributed by atoms with van der Waals surface area (Å²) in [5.74, 6) is 0.801. The number of benzene rings is 2. The number of carbonyl (C=O) groups excluding carboxylic acids is 2. The molecule has 1 fully saturated rings. The molecule has 4 rings (SSSR count). The highest BCUT2D eigenvalue weighted by Crippen LogP contribution is 2.24. The number of aromatic nitrogens is 2. The maximum absolute atomic E-state index is 13.0. The van der Waals surface area contributed by atoms with E-state index in [1.807, 2.05) is 58.0 Å². The minimum atomic E-state index is -0.361. The molecule has 8 heteroatoms. The lowest BCUT2D eigenvalue weighted by Gasteiger charge is -2.30. The van der Waals surface area contributed by atoms with Crippen molar-refractivity contribution in [3.05, 3.63) is 65.5 Å². The van der Waals surface area contributed by atoms with Gasteiger partial charge in [0.05, 0.1) is 17.8 Å². The molecule has 0 unspecified atom stereocenters. The summed E-state index contributed by atoms with van der Waals surface area (Å²) in [6.45, 7) is 9.88. The van der Waals surface area contributed by atoms with E-state index in [9.17, 15) is 9.59 Å². The highest BCUT2D eigenvalue weighted by molar-refractivity contribution is 6.04. The third-order valence-electron chi connectivity index (χ3n) is 6.09. The molecule has 0 aliphatic carbocycles. The normalized spacial score (nSPS) is 15.1. The smallest absolute Gasteiger partial charge is 0.253 e. The summed E-state index contributed by atoms with van der Waals surface area (Å²) < 4.78 is 5.48. The predicted molar refractivity (Wildman–Crippen MR) is 135 cm³/mol. The van der Waals surface area contributed by atoms with Crippen LogP contribution in [0, 0.1) is 12.8 Å². The van der Waals surface area contributed by atoms with Crippen LogP contribution in [-0.4, -0.2) is 45.5 Å². The monoisotopic (exact) mass is 475 g/mol. The zero-order valence-electron chi connectivity index (χ0n) is 20.8. The Morgan fingerprint density at radius 1 is 1.06 bits per heavy atom. The first-order valence-corrected chi connectivity index (χ1v) is 12.0. The lowest BCUT2D eigenvalue weighted by Crippen LogP contribution is -2.41. The fourth-order valence-corrected chi connectivity index (χ4v) is 4.23. The Morgan fingerprint density at radius 3 is 2.46 bits per heavy atom. The standard InChI is InChI=1S/C27H33N5O3/c1-18-9-5-6-10-20(18)24-29-23(35-31-24)17-32-15-13-19(14-16-32)25(33)28-22-12-8-7-11-21(22)26(34)30-27(2,3)4/h5-12,19H,13-17H2,1-4H3,(H,28,33)(H,30,34). The fraction of sp³-hybridized carbons (Fsp3) is 0.407. The Labute approximate surface area is 206 Å². The zero-order valence-corrected chi connectivity index (χ0v) is 20.8. The number of anilines is 1. The van der Waals surface area contributed by atoms with E-state index in [4.69, 9.17) is 4.52 Å². The van der Waals surface area contributed by atoms with Gasteiger partial charge in [0.2, 0.25) is 17.6 Å². The van der Waals surface area contributed by atoms with Crippen LogP contribution in [0.4, 0.5) is 5.69 Å². The first-order valence-electron chi connectivity index (χ1n) is 12.0. The van der Waals surface area contributed by atoms with Gasteiger partial charge in [-0.25, -0.2) is 0 Å². The van der Waals surface area contributed by atoms with Crippen LogP contribution in [0.25, 0.3) is 11.4 Å². The summed E-state index contributed by atoms with van der Waals surface area (Å²) in [5.41, 5.74) is 2.71. The lowest BCUT2D eigenvalue weighted by molar-refractivity contribution is -0.121. The minimum absolute atomic E-state index is 0.0553. The largest absolute Gasteiger partial charge is 0.347 e. The molecule has 2 heterocycles. The van der Waals surface area contributed by atoms with E-state index in [0.29, 0.717) is 29.5 Å². The van der Waals surface area contributed by atoms with Gasteiger partial charge in [0.15, 0.2) is 0 Å². The Balaban J connectivity index is 1.32. The molecule has 2 N–H and O–H groups in total. The molecule has 0 spiro atoms. The molecule has 1 aromatic heterocycles. The molecular weight excluding hydrogens is 442 g/mol. The van der Waals surface area contributed by atoms with E-state index in [2.05, 4.69) is 25.7 Å². The first-order chi connectivity index (χ1) is 16.7. The summed E-state index contributed by atoms with van der Waals surface area (Å²) in [5, 5.41) is 10.1. The number of nitrogens with one attached hydrogen (secondary N) is 2.